The molecule has 0 aliphatic heterocycles. The molecule has 0 atom stereocenters. The van der Waals surface area contributed by atoms with Crippen molar-refractivity contribution in [1.29, 1.82) is 0 Å². The lowest BCUT2D eigenvalue weighted by atomic mass is 9.99. The van der Waals surface area contributed by atoms with Crippen LogP contribution in [0.25, 0.3) is 6.08 Å². The van der Waals surface area contributed by atoms with E-state index in [4.69, 9.17) is 0 Å². The van der Waals surface area contributed by atoms with E-state index in [2.05, 4.69) is 19.2 Å². The Bertz CT molecular complexity index is 416. The molecule has 106 valence electrons. The van der Waals surface area contributed by atoms with Crippen LogP contribution in [0, 0.1) is 5.92 Å². The molecule has 0 aliphatic rings. The SMILES string of the molecule is CCNCC(=Cc1ccc(C(F)(F)F)cc1)C(C)C. The summed E-state index contributed by atoms with van der Waals surface area (Å²) < 4.78 is 37.4. The molecule has 0 bridgehead atoms. The van der Waals surface area contributed by atoms with E-state index in [1.54, 1.807) is 0 Å². The zero-order chi connectivity index (χ0) is 14.5. The van der Waals surface area contributed by atoms with Gasteiger partial charge in [0.1, 0.15) is 0 Å². The van der Waals surface area contributed by atoms with Crippen molar-refractivity contribution in [3.05, 3.63) is 41.0 Å². The molecular weight excluding hydrogens is 251 g/mol. The Kier molecular flexibility index (Phi) is 5.60. The Balaban J connectivity index is 2.89. The second-order valence-corrected chi connectivity index (χ2v) is 4.77. The lowest BCUT2D eigenvalue weighted by Gasteiger charge is -2.12. The molecule has 0 heterocycles. The molecule has 0 fully saturated rings. The van der Waals surface area contributed by atoms with Crippen LogP contribution in [0.3, 0.4) is 0 Å². The minimum absolute atomic E-state index is 0.362. The fourth-order valence-corrected chi connectivity index (χ4v) is 1.67. The summed E-state index contributed by atoms with van der Waals surface area (Å²) in [4.78, 5) is 0. The Morgan fingerprint density at radius 1 is 1.21 bits per heavy atom. The maximum absolute atomic E-state index is 12.5. The molecule has 0 saturated heterocycles. The van der Waals surface area contributed by atoms with Gasteiger partial charge in [0.15, 0.2) is 0 Å². The smallest absolute Gasteiger partial charge is 0.313 e. The van der Waals surface area contributed by atoms with Crippen LogP contribution in [0.1, 0.15) is 31.9 Å². The highest BCUT2D eigenvalue weighted by atomic mass is 19.4. The van der Waals surface area contributed by atoms with Crippen LogP contribution in [0.5, 0.6) is 0 Å². The van der Waals surface area contributed by atoms with Gasteiger partial charge >= 0.3 is 6.18 Å². The van der Waals surface area contributed by atoms with Gasteiger partial charge in [-0.3, -0.25) is 0 Å². The summed E-state index contributed by atoms with van der Waals surface area (Å²) in [6, 6.07) is 5.27. The molecule has 0 amide bonds. The molecule has 0 saturated carbocycles. The molecule has 1 N–H and O–H groups in total. The van der Waals surface area contributed by atoms with Crippen molar-refractivity contribution in [3.63, 3.8) is 0 Å². The van der Waals surface area contributed by atoms with Crippen LogP contribution in [-0.2, 0) is 6.18 Å². The molecule has 4 heteroatoms. The maximum Gasteiger partial charge on any atom is 0.416 e. The van der Waals surface area contributed by atoms with Gasteiger partial charge in [-0.1, -0.05) is 44.6 Å². The average molecular weight is 271 g/mol. The third kappa shape index (κ3) is 5.07. The lowest BCUT2D eigenvalue weighted by molar-refractivity contribution is -0.137. The van der Waals surface area contributed by atoms with Crippen molar-refractivity contribution in [2.75, 3.05) is 13.1 Å². The first-order chi connectivity index (χ1) is 8.84. The summed E-state index contributed by atoms with van der Waals surface area (Å²) in [7, 11) is 0. The molecule has 0 unspecified atom stereocenters. The molecule has 1 nitrogen and oxygen atoms in total. The molecule has 0 spiro atoms. The number of rotatable bonds is 5. The summed E-state index contributed by atoms with van der Waals surface area (Å²) in [5, 5.41) is 3.24. The first-order valence-electron chi connectivity index (χ1n) is 6.43. The molecule has 0 radical (unpaired) electrons. The number of hydrogen-bond donors (Lipinski definition) is 1. The Morgan fingerprint density at radius 2 is 1.79 bits per heavy atom. The van der Waals surface area contributed by atoms with Crippen LogP contribution in [-0.4, -0.2) is 13.1 Å². The van der Waals surface area contributed by atoms with E-state index in [-0.39, 0.29) is 0 Å². The van der Waals surface area contributed by atoms with Gasteiger partial charge in [0, 0.05) is 6.54 Å². The van der Waals surface area contributed by atoms with Crippen molar-refractivity contribution in [2.24, 2.45) is 5.92 Å². The topological polar surface area (TPSA) is 12.0 Å². The molecule has 1 aromatic rings. The van der Waals surface area contributed by atoms with E-state index in [9.17, 15) is 13.2 Å². The number of nitrogens with one attached hydrogen (secondary N) is 1. The molecule has 1 aromatic carbocycles. The predicted octanol–water partition coefficient (Wildman–Crippen LogP) is 4.35. The maximum atomic E-state index is 12.5. The van der Waals surface area contributed by atoms with E-state index in [0.717, 1.165) is 30.8 Å². The molecule has 0 aromatic heterocycles. The van der Waals surface area contributed by atoms with Crippen molar-refractivity contribution in [3.8, 4) is 0 Å². The Labute approximate surface area is 112 Å². The monoisotopic (exact) mass is 271 g/mol. The van der Waals surface area contributed by atoms with Gasteiger partial charge in [0.05, 0.1) is 5.56 Å². The standard InChI is InChI=1S/C15H20F3N/c1-4-19-10-13(11(2)3)9-12-5-7-14(8-6-12)15(16,17)18/h5-9,11,19H,4,10H2,1-3H3. The highest BCUT2D eigenvalue weighted by Crippen LogP contribution is 2.29. The van der Waals surface area contributed by atoms with Crippen LogP contribution >= 0.6 is 0 Å². The predicted molar refractivity (Wildman–Crippen MR) is 72.8 cm³/mol. The number of benzene rings is 1. The van der Waals surface area contributed by atoms with Gasteiger partial charge in [0.2, 0.25) is 0 Å². The minimum Gasteiger partial charge on any atom is -0.313 e. The minimum atomic E-state index is -4.27. The Hall–Kier alpha value is -1.29. The van der Waals surface area contributed by atoms with Gasteiger partial charge in [-0.2, -0.15) is 13.2 Å². The van der Waals surface area contributed by atoms with Crippen molar-refractivity contribution < 1.29 is 13.2 Å². The zero-order valence-corrected chi connectivity index (χ0v) is 11.5. The lowest BCUT2D eigenvalue weighted by Crippen LogP contribution is -2.18. The van der Waals surface area contributed by atoms with Crippen LogP contribution < -0.4 is 5.32 Å². The molecule has 19 heavy (non-hydrogen) atoms. The summed E-state index contributed by atoms with van der Waals surface area (Å²) in [5.74, 6) is 0.362. The normalized spacial score (nSPS) is 13.1. The molecule has 1 rings (SSSR count). The Morgan fingerprint density at radius 3 is 2.21 bits per heavy atom. The fourth-order valence-electron chi connectivity index (χ4n) is 1.67. The number of halogens is 3. The second kappa shape index (κ2) is 6.75. The van der Waals surface area contributed by atoms with Gasteiger partial charge in [0.25, 0.3) is 0 Å². The molecule has 0 aliphatic carbocycles. The van der Waals surface area contributed by atoms with E-state index >= 15 is 0 Å². The van der Waals surface area contributed by atoms with Crippen LogP contribution in [0.15, 0.2) is 29.8 Å². The van der Waals surface area contributed by atoms with Crippen LogP contribution in [0.2, 0.25) is 0 Å². The van der Waals surface area contributed by atoms with E-state index in [1.165, 1.54) is 17.7 Å². The fraction of sp³-hybridized carbons (Fsp3) is 0.467. The van der Waals surface area contributed by atoms with Crippen molar-refractivity contribution >= 4 is 6.08 Å². The largest absolute Gasteiger partial charge is 0.416 e. The first kappa shape index (κ1) is 15.8. The van der Waals surface area contributed by atoms with Gasteiger partial charge in [-0.15, -0.1) is 0 Å². The quantitative estimate of drug-likeness (QED) is 0.839. The third-order valence-corrected chi connectivity index (χ3v) is 2.91. The second-order valence-electron chi connectivity index (χ2n) is 4.77. The summed E-state index contributed by atoms with van der Waals surface area (Å²) in [5.41, 5.74) is 1.37. The van der Waals surface area contributed by atoms with Gasteiger partial charge < -0.3 is 5.32 Å². The molecular formula is C15H20F3N. The van der Waals surface area contributed by atoms with Crippen molar-refractivity contribution in [1.82, 2.24) is 5.32 Å². The average Bonchev–Trinajstić information content (AvgIpc) is 2.33. The highest BCUT2D eigenvalue weighted by molar-refractivity contribution is 5.54. The highest BCUT2D eigenvalue weighted by Gasteiger charge is 2.29. The van der Waals surface area contributed by atoms with E-state index in [1.807, 2.05) is 13.0 Å². The third-order valence-electron chi connectivity index (χ3n) is 2.91. The number of likely N-dealkylation sites (N-methyl/N-ethyl adjacent to an activating group) is 1. The summed E-state index contributed by atoms with van der Waals surface area (Å²) in [6.07, 6.45) is -2.32. The van der Waals surface area contributed by atoms with Gasteiger partial charge in [-0.05, 0) is 30.2 Å². The van der Waals surface area contributed by atoms with E-state index in [0.29, 0.717) is 5.92 Å². The number of hydrogen-bond acceptors (Lipinski definition) is 1. The van der Waals surface area contributed by atoms with Gasteiger partial charge in [-0.25, -0.2) is 0 Å². The summed E-state index contributed by atoms with van der Waals surface area (Å²) in [6.45, 7) is 7.81. The van der Waals surface area contributed by atoms with Crippen molar-refractivity contribution in [2.45, 2.75) is 26.9 Å². The van der Waals surface area contributed by atoms with Crippen LogP contribution in [0.4, 0.5) is 13.2 Å². The first-order valence-corrected chi connectivity index (χ1v) is 6.43. The number of alkyl halides is 3. The summed E-state index contributed by atoms with van der Waals surface area (Å²) >= 11 is 0. The van der Waals surface area contributed by atoms with E-state index < -0.39 is 11.7 Å². The zero-order valence-electron chi connectivity index (χ0n) is 11.5.